The number of anilines is 1. The van der Waals surface area contributed by atoms with E-state index < -0.39 is 11.6 Å². The zero-order valence-electron chi connectivity index (χ0n) is 14.5. The molecule has 0 saturated heterocycles. The highest BCUT2D eigenvalue weighted by atomic mass is 16.6. The maximum atomic E-state index is 12.2. The molecule has 0 saturated carbocycles. The number of hydrogen-bond donors (Lipinski definition) is 1. The highest BCUT2D eigenvalue weighted by Crippen LogP contribution is 2.25. The maximum Gasteiger partial charge on any atom is 0.325 e. The van der Waals surface area contributed by atoms with Crippen LogP contribution in [0.1, 0.15) is 37.5 Å². The lowest BCUT2D eigenvalue weighted by molar-refractivity contribution is -0.153. The van der Waals surface area contributed by atoms with Crippen LogP contribution >= 0.6 is 0 Å². The number of esters is 1. The molecule has 0 bridgehead atoms. The number of carbonyl (C=O) groups excluding carboxylic acids is 2. The van der Waals surface area contributed by atoms with Crippen LogP contribution in [0.5, 0.6) is 0 Å². The molecule has 0 unspecified atom stereocenters. The van der Waals surface area contributed by atoms with Gasteiger partial charge in [-0.1, -0.05) is 17.7 Å². The number of aryl methyl sites for hydroxylation is 3. The molecule has 1 aromatic carbocycles. The number of ether oxygens (including phenoxy) is 1. The number of benzene rings is 1. The van der Waals surface area contributed by atoms with Gasteiger partial charge in [-0.2, -0.15) is 0 Å². The second kappa shape index (κ2) is 6.81. The minimum absolute atomic E-state index is 0.148. The molecule has 0 aliphatic rings. The van der Waals surface area contributed by atoms with E-state index in [1.165, 1.54) is 4.90 Å². The molecule has 1 N–H and O–H groups in total. The number of urea groups is 1. The van der Waals surface area contributed by atoms with Crippen molar-refractivity contribution < 1.29 is 14.3 Å². The van der Waals surface area contributed by atoms with Gasteiger partial charge in [0.25, 0.3) is 0 Å². The average molecular weight is 306 g/mol. The van der Waals surface area contributed by atoms with E-state index in [-0.39, 0.29) is 12.6 Å². The Morgan fingerprint density at radius 1 is 1.14 bits per heavy atom. The summed E-state index contributed by atoms with van der Waals surface area (Å²) in [5, 5.41) is 2.58. The van der Waals surface area contributed by atoms with Gasteiger partial charge in [0.05, 0.1) is 5.69 Å². The zero-order valence-corrected chi connectivity index (χ0v) is 14.5. The molecule has 122 valence electrons. The van der Waals surface area contributed by atoms with Gasteiger partial charge in [-0.25, -0.2) is 4.79 Å². The Hall–Kier alpha value is -2.04. The van der Waals surface area contributed by atoms with E-state index in [0.717, 1.165) is 22.4 Å². The number of amides is 2. The van der Waals surface area contributed by atoms with Crippen LogP contribution in [0.15, 0.2) is 12.1 Å². The molecular formula is C17H26N2O3. The monoisotopic (exact) mass is 306 g/mol. The van der Waals surface area contributed by atoms with Crippen LogP contribution in [0, 0.1) is 20.8 Å². The predicted molar refractivity (Wildman–Crippen MR) is 88.3 cm³/mol. The van der Waals surface area contributed by atoms with E-state index >= 15 is 0 Å². The highest BCUT2D eigenvalue weighted by molar-refractivity contribution is 5.94. The Bertz CT molecular complexity index is 551. The van der Waals surface area contributed by atoms with Gasteiger partial charge in [0.15, 0.2) is 0 Å². The molecule has 1 rings (SSSR count). The lowest BCUT2D eigenvalue weighted by Gasteiger charge is -2.23. The summed E-state index contributed by atoms with van der Waals surface area (Å²) in [4.78, 5) is 25.4. The molecule has 22 heavy (non-hydrogen) atoms. The first-order chi connectivity index (χ1) is 10.0. The number of rotatable bonds is 3. The molecule has 5 nitrogen and oxygen atoms in total. The van der Waals surface area contributed by atoms with Crippen LogP contribution in [-0.4, -0.2) is 31.2 Å². The van der Waals surface area contributed by atoms with Gasteiger partial charge in [-0.3, -0.25) is 9.69 Å². The molecule has 1 aromatic rings. The largest absolute Gasteiger partial charge is 0.459 e. The molecule has 0 radical (unpaired) electrons. The molecule has 0 heterocycles. The fourth-order valence-electron chi connectivity index (χ4n) is 2.45. The summed E-state index contributed by atoms with van der Waals surface area (Å²) in [5.41, 5.74) is 3.49. The summed E-state index contributed by atoms with van der Waals surface area (Å²) in [6.07, 6.45) is 0. The van der Waals surface area contributed by atoms with Gasteiger partial charge in [0.1, 0.15) is 12.1 Å². The van der Waals surface area contributed by atoms with Gasteiger partial charge >= 0.3 is 12.0 Å². The Balaban J connectivity index is 2.73. The fraction of sp³-hybridized carbons (Fsp3) is 0.529. The third kappa shape index (κ3) is 5.06. The van der Waals surface area contributed by atoms with Gasteiger partial charge < -0.3 is 10.1 Å². The molecule has 0 aliphatic heterocycles. The van der Waals surface area contributed by atoms with E-state index in [1.807, 2.05) is 32.9 Å². The molecule has 5 heteroatoms. The van der Waals surface area contributed by atoms with Crippen molar-refractivity contribution in [3.05, 3.63) is 28.8 Å². The molecule has 0 aliphatic carbocycles. The Kier molecular flexibility index (Phi) is 5.58. The van der Waals surface area contributed by atoms with Crippen LogP contribution < -0.4 is 10.2 Å². The number of nitrogens with zero attached hydrogens (tertiary/aromatic N) is 1. The smallest absolute Gasteiger partial charge is 0.325 e. The lowest BCUT2D eigenvalue weighted by Crippen LogP contribution is -2.42. The SMILES string of the molecule is Cc1cc(C)c(N(C)C(=O)NCC(=O)OC(C)(C)C)c(C)c1. The Morgan fingerprint density at radius 2 is 1.64 bits per heavy atom. The molecule has 0 aromatic heterocycles. The molecule has 0 spiro atoms. The summed E-state index contributed by atoms with van der Waals surface area (Å²) < 4.78 is 5.16. The van der Waals surface area contributed by atoms with E-state index in [2.05, 4.69) is 5.32 Å². The number of carbonyl (C=O) groups is 2. The lowest BCUT2D eigenvalue weighted by atomic mass is 10.0. The van der Waals surface area contributed by atoms with Crippen LogP contribution in [-0.2, 0) is 9.53 Å². The van der Waals surface area contributed by atoms with Gasteiger partial charge in [0, 0.05) is 7.05 Å². The van der Waals surface area contributed by atoms with Crippen LogP contribution in [0.2, 0.25) is 0 Å². The maximum absolute atomic E-state index is 12.2. The summed E-state index contributed by atoms with van der Waals surface area (Å²) in [7, 11) is 1.69. The summed E-state index contributed by atoms with van der Waals surface area (Å²) in [5.74, 6) is -0.452. The van der Waals surface area contributed by atoms with Gasteiger partial charge in [-0.15, -0.1) is 0 Å². The highest BCUT2D eigenvalue weighted by Gasteiger charge is 2.19. The number of hydrogen-bond acceptors (Lipinski definition) is 3. The van der Waals surface area contributed by atoms with Crippen molar-refractivity contribution in [1.29, 1.82) is 0 Å². The van der Waals surface area contributed by atoms with Crippen molar-refractivity contribution in [1.82, 2.24) is 5.32 Å². The van der Waals surface area contributed by atoms with E-state index in [0.29, 0.717) is 0 Å². The van der Waals surface area contributed by atoms with Gasteiger partial charge in [0.2, 0.25) is 0 Å². The molecule has 0 atom stereocenters. The van der Waals surface area contributed by atoms with Crippen molar-refractivity contribution in [2.75, 3.05) is 18.5 Å². The van der Waals surface area contributed by atoms with Crippen LogP contribution in [0.25, 0.3) is 0 Å². The van der Waals surface area contributed by atoms with Crippen molar-refractivity contribution in [3.8, 4) is 0 Å². The standard InChI is InChI=1S/C17H26N2O3/c1-11-8-12(2)15(13(3)9-11)19(7)16(21)18-10-14(20)22-17(4,5)6/h8-9H,10H2,1-7H3,(H,18,21). The minimum atomic E-state index is -0.558. The van der Waals surface area contributed by atoms with Gasteiger partial charge in [-0.05, 0) is 52.7 Å². The number of nitrogens with one attached hydrogen (secondary N) is 1. The summed E-state index contributed by atoms with van der Waals surface area (Å²) in [6.45, 7) is 11.2. The molecule has 2 amide bonds. The molecule has 0 fully saturated rings. The van der Waals surface area contributed by atoms with Crippen LogP contribution in [0.4, 0.5) is 10.5 Å². The quantitative estimate of drug-likeness (QED) is 0.873. The third-order valence-electron chi connectivity index (χ3n) is 3.08. The first-order valence-corrected chi connectivity index (χ1v) is 7.32. The van der Waals surface area contributed by atoms with E-state index in [4.69, 9.17) is 4.74 Å². The average Bonchev–Trinajstić information content (AvgIpc) is 2.32. The third-order valence-corrected chi connectivity index (χ3v) is 3.08. The van der Waals surface area contributed by atoms with Crippen molar-refractivity contribution in [3.63, 3.8) is 0 Å². The summed E-state index contributed by atoms with van der Waals surface area (Å²) in [6, 6.07) is 3.72. The Labute approximate surface area is 132 Å². The first-order valence-electron chi connectivity index (χ1n) is 7.32. The topological polar surface area (TPSA) is 58.6 Å². The fourth-order valence-corrected chi connectivity index (χ4v) is 2.45. The van der Waals surface area contributed by atoms with E-state index in [9.17, 15) is 9.59 Å². The van der Waals surface area contributed by atoms with Crippen molar-refractivity contribution >= 4 is 17.7 Å². The van der Waals surface area contributed by atoms with Crippen molar-refractivity contribution in [2.45, 2.75) is 47.1 Å². The normalized spacial score (nSPS) is 11.0. The molecular weight excluding hydrogens is 280 g/mol. The Morgan fingerprint density at radius 3 is 2.09 bits per heavy atom. The second-order valence-electron chi connectivity index (χ2n) is 6.55. The zero-order chi connectivity index (χ0) is 17.1. The predicted octanol–water partition coefficient (Wildman–Crippen LogP) is 3.10. The van der Waals surface area contributed by atoms with Crippen LogP contribution in [0.3, 0.4) is 0 Å². The van der Waals surface area contributed by atoms with Crippen molar-refractivity contribution in [2.24, 2.45) is 0 Å². The summed E-state index contributed by atoms with van der Waals surface area (Å²) >= 11 is 0. The minimum Gasteiger partial charge on any atom is -0.459 e. The van der Waals surface area contributed by atoms with E-state index in [1.54, 1.807) is 27.8 Å². The first kappa shape index (κ1) is 18.0. The second-order valence-corrected chi connectivity index (χ2v) is 6.55.